The molecule has 0 aliphatic carbocycles. The predicted octanol–water partition coefficient (Wildman–Crippen LogP) is 4.05. The van der Waals surface area contributed by atoms with Crippen LogP contribution < -0.4 is 4.74 Å². The fourth-order valence-corrected chi connectivity index (χ4v) is 4.46. The number of carbonyl (C=O) groups is 1. The number of methoxy groups -OCH3 is 1. The number of halogens is 1. The van der Waals surface area contributed by atoms with Gasteiger partial charge in [-0.25, -0.2) is 12.4 Å². The molecule has 0 unspecified atom stereocenters. The highest BCUT2D eigenvalue weighted by molar-refractivity contribution is 7.90. The highest BCUT2D eigenvalue weighted by Gasteiger charge is 2.25. The highest BCUT2D eigenvalue weighted by Crippen LogP contribution is 2.34. The summed E-state index contributed by atoms with van der Waals surface area (Å²) in [6.45, 7) is 3.20. The Bertz CT molecular complexity index is 1080. The van der Waals surface area contributed by atoms with Crippen LogP contribution >= 0.6 is 11.6 Å². The van der Waals surface area contributed by atoms with Crippen LogP contribution in [0, 0.1) is 6.92 Å². The molecule has 0 atom stereocenters. The summed E-state index contributed by atoms with van der Waals surface area (Å²) in [5.74, 6) is -0.0234. The molecule has 2 aromatic carbocycles. The van der Waals surface area contributed by atoms with Gasteiger partial charge in [0.25, 0.3) is 10.0 Å². The normalized spacial score (nSPS) is 11.7. The van der Waals surface area contributed by atoms with E-state index in [1.165, 1.54) is 38.3 Å². The summed E-state index contributed by atoms with van der Waals surface area (Å²) in [6, 6.07) is 11.1. The molecule has 1 heterocycles. The molecular formula is C18H16ClNO4S. The van der Waals surface area contributed by atoms with E-state index in [1.54, 1.807) is 18.2 Å². The first kappa shape index (κ1) is 17.5. The van der Waals surface area contributed by atoms with Gasteiger partial charge in [-0.05, 0) is 31.2 Å². The lowest BCUT2D eigenvalue weighted by molar-refractivity contribution is 0.101. The van der Waals surface area contributed by atoms with Crippen molar-refractivity contribution >= 4 is 38.3 Å². The number of hydrogen-bond donors (Lipinski definition) is 0. The summed E-state index contributed by atoms with van der Waals surface area (Å²) < 4.78 is 32.6. The Morgan fingerprint density at radius 3 is 2.32 bits per heavy atom. The standard InChI is InChI=1S/C18H16ClNO4S/c1-11-4-6-14(7-5-11)25(22,23)20-16(12(2)21)9-13-8-15(19)18(24-3)10-17(13)20/h4-10H,1-3H3. The number of nitrogens with zero attached hydrogens (tertiary/aromatic N) is 1. The highest BCUT2D eigenvalue weighted by atomic mass is 35.5. The Kier molecular flexibility index (Phi) is 4.34. The van der Waals surface area contributed by atoms with E-state index in [1.807, 2.05) is 6.92 Å². The van der Waals surface area contributed by atoms with Crippen LogP contribution in [0.2, 0.25) is 5.02 Å². The van der Waals surface area contributed by atoms with Gasteiger partial charge in [0.1, 0.15) is 11.4 Å². The van der Waals surface area contributed by atoms with Crippen molar-refractivity contribution in [2.45, 2.75) is 18.7 Å². The third-order valence-electron chi connectivity index (χ3n) is 3.95. The van der Waals surface area contributed by atoms with E-state index in [2.05, 4.69) is 0 Å². The van der Waals surface area contributed by atoms with Crippen molar-refractivity contribution in [1.29, 1.82) is 0 Å². The lowest BCUT2D eigenvalue weighted by Gasteiger charge is -2.12. The number of carbonyl (C=O) groups excluding carboxylic acids is 1. The van der Waals surface area contributed by atoms with Crippen molar-refractivity contribution in [1.82, 2.24) is 3.97 Å². The summed E-state index contributed by atoms with van der Waals surface area (Å²) >= 11 is 6.12. The van der Waals surface area contributed by atoms with Crippen molar-refractivity contribution in [3.63, 3.8) is 0 Å². The monoisotopic (exact) mass is 377 g/mol. The van der Waals surface area contributed by atoms with E-state index in [4.69, 9.17) is 16.3 Å². The van der Waals surface area contributed by atoms with Crippen LogP contribution in [0.3, 0.4) is 0 Å². The van der Waals surface area contributed by atoms with Gasteiger partial charge in [0, 0.05) is 18.4 Å². The topological polar surface area (TPSA) is 65.4 Å². The first-order valence-electron chi connectivity index (χ1n) is 7.48. The molecule has 3 aromatic rings. The van der Waals surface area contributed by atoms with Gasteiger partial charge in [0.05, 0.1) is 22.5 Å². The molecule has 0 N–H and O–H groups in total. The zero-order valence-corrected chi connectivity index (χ0v) is 15.5. The molecule has 0 amide bonds. The minimum absolute atomic E-state index is 0.0693. The molecule has 7 heteroatoms. The molecule has 0 bridgehead atoms. The van der Waals surface area contributed by atoms with E-state index in [9.17, 15) is 13.2 Å². The van der Waals surface area contributed by atoms with Gasteiger partial charge in [0.15, 0.2) is 5.78 Å². The molecule has 0 aliphatic rings. The molecule has 0 saturated heterocycles. The molecule has 0 saturated carbocycles. The third-order valence-corrected chi connectivity index (χ3v) is 5.99. The maximum absolute atomic E-state index is 13.2. The number of fused-ring (bicyclic) bond motifs is 1. The fraction of sp³-hybridized carbons (Fsp3) is 0.167. The third kappa shape index (κ3) is 2.92. The second-order valence-corrected chi connectivity index (χ2v) is 7.91. The summed E-state index contributed by atoms with van der Waals surface area (Å²) in [7, 11) is -2.51. The molecule has 0 aliphatic heterocycles. The van der Waals surface area contributed by atoms with Crippen LogP contribution in [-0.2, 0) is 10.0 Å². The van der Waals surface area contributed by atoms with Crippen LogP contribution in [0.15, 0.2) is 47.4 Å². The first-order valence-corrected chi connectivity index (χ1v) is 9.29. The van der Waals surface area contributed by atoms with Gasteiger partial charge < -0.3 is 4.74 Å². The Morgan fingerprint density at radius 1 is 1.12 bits per heavy atom. The van der Waals surface area contributed by atoms with Crippen molar-refractivity contribution < 1.29 is 17.9 Å². The van der Waals surface area contributed by atoms with Crippen molar-refractivity contribution in [2.75, 3.05) is 7.11 Å². The molecule has 0 spiro atoms. The van der Waals surface area contributed by atoms with Crippen LogP contribution in [0.25, 0.3) is 10.9 Å². The van der Waals surface area contributed by atoms with Crippen molar-refractivity contribution in [3.8, 4) is 5.75 Å². The maximum atomic E-state index is 13.2. The number of rotatable bonds is 4. The van der Waals surface area contributed by atoms with E-state index in [0.29, 0.717) is 21.7 Å². The average molecular weight is 378 g/mol. The van der Waals surface area contributed by atoms with Crippen molar-refractivity contribution in [3.05, 3.63) is 58.7 Å². The molecule has 130 valence electrons. The zero-order valence-electron chi connectivity index (χ0n) is 13.9. The van der Waals surface area contributed by atoms with Gasteiger partial charge in [0.2, 0.25) is 0 Å². The lowest BCUT2D eigenvalue weighted by atomic mass is 10.2. The Balaban J connectivity index is 2.38. The summed E-state index contributed by atoms with van der Waals surface area (Å²) in [5, 5.41) is 0.890. The minimum Gasteiger partial charge on any atom is -0.495 e. The van der Waals surface area contributed by atoms with E-state index in [-0.39, 0.29) is 16.4 Å². The predicted molar refractivity (Wildman–Crippen MR) is 97.3 cm³/mol. The second-order valence-electron chi connectivity index (χ2n) is 5.71. The summed E-state index contributed by atoms with van der Waals surface area (Å²) in [6.07, 6.45) is 0. The number of aromatic nitrogens is 1. The fourth-order valence-electron chi connectivity index (χ4n) is 2.66. The van der Waals surface area contributed by atoms with Crippen LogP contribution in [0.4, 0.5) is 0 Å². The largest absolute Gasteiger partial charge is 0.495 e. The van der Waals surface area contributed by atoms with Crippen LogP contribution in [0.1, 0.15) is 23.0 Å². The smallest absolute Gasteiger partial charge is 0.268 e. The number of Topliss-reactive ketones (excluding diaryl/α,β-unsaturated/α-hetero) is 1. The molecule has 0 radical (unpaired) electrons. The first-order chi connectivity index (χ1) is 11.8. The Morgan fingerprint density at radius 2 is 1.76 bits per heavy atom. The summed E-state index contributed by atoms with van der Waals surface area (Å²) in [5.41, 5.74) is 1.35. The SMILES string of the molecule is COc1cc2c(cc1Cl)cc(C(C)=O)n2S(=O)(=O)c1ccc(C)cc1. The molecule has 25 heavy (non-hydrogen) atoms. The van der Waals surface area contributed by atoms with Crippen molar-refractivity contribution in [2.24, 2.45) is 0 Å². The Labute approximate surface area is 150 Å². The van der Waals surface area contributed by atoms with Gasteiger partial charge in [-0.15, -0.1) is 0 Å². The Hall–Kier alpha value is -2.31. The average Bonchev–Trinajstić information content (AvgIpc) is 2.93. The molecule has 3 rings (SSSR count). The number of hydrogen-bond acceptors (Lipinski definition) is 4. The van der Waals surface area contributed by atoms with Crippen LogP contribution in [-0.4, -0.2) is 25.3 Å². The number of ether oxygens (including phenoxy) is 1. The number of benzene rings is 2. The molecular weight excluding hydrogens is 362 g/mol. The molecule has 5 nitrogen and oxygen atoms in total. The number of ketones is 1. The quantitative estimate of drug-likeness (QED) is 0.643. The van der Waals surface area contributed by atoms with Gasteiger partial charge in [-0.1, -0.05) is 29.3 Å². The van der Waals surface area contributed by atoms with Gasteiger partial charge in [-0.3, -0.25) is 4.79 Å². The number of aryl methyl sites for hydroxylation is 1. The van der Waals surface area contributed by atoms with Gasteiger partial charge >= 0.3 is 0 Å². The maximum Gasteiger partial charge on any atom is 0.268 e. The van der Waals surface area contributed by atoms with Crippen LogP contribution in [0.5, 0.6) is 5.75 Å². The van der Waals surface area contributed by atoms with Gasteiger partial charge in [-0.2, -0.15) is 0 Å². The lowest BCUT2D eigenvalue weighted by Crippen LogP contribution is -2.17. The summed E-state index contributed by atoms with van der Waals surface area (Å²) in [4.78, 5) is 12.2. The minimum atomic E-state index is -3.96. The van der Waals surface area contributed by atoms with E-state index >= 15 is 0 Å². The molecule has 1 aromatic heterocycles. The second kappa shape index (κ2) is 6.20. The van der Waals surface area contributed by atoms with E-state index < -0.39 is 10.0 Å². The van der Waals surface area contributed by atoms with E-state index in [0.717, 1.165) is 9.54 Å². The molecule has 0 fully saturated rings. The zero-order chi connectivity index (χ0) is 18.4.